The molecule has 1 N–H and O–H groups in total. The molecule has 0 saturated carbocycles. The van der Waals surface area contributed by atoms with E-state index in [0.717, 1.165) is 31.8 Å². The van der Waals surface area contributed by atoms with Crippen molar-refractivity contribution >= 4 is 5.97 Å². The van der Waals surface area contributed by atoms with Gasteiger partial charge in [0, 0.05) is 0 Å². The highest BCUT2D eigenvalue weighted by molar-refractivity contribution is 5.77. The second-order valence-electron chi connectivity index (χ2n) is 5.08. The number of rotatable bonds is 4. The number of nitrogens with zero attached hydrogens (tertiary/aromatic N) is 1. The first-order valence-electron chi connectivity index (χ1n) is 5.97. The maximum absolute atomic E-state index is 11.1. The van der Waals surface area contributed by atoms with Crippen LogP contribution in [0.3, 0.4) is 0 Å². The van der Waals surface area contributed by atoms with E-state index in [2.05, 4.69) is 11.8 Å². The Kier molecular flexibility index (Phi) is 4.14. The Morgan fingerprint density at radius 2 is 1.93 bits per heavy atom. The van der Waals surface area contributed by atoms with E-state index < -0.39 is 11.5 Å². The molecule has 1 heterocycles. The molecule has 1 fully saturated rings. The van der Waals surface area contributed by atoms with Gasteiger partial charge < -0.3 is 5.11 Å². The van der Waals surface area contributed by atoms with E-state index in [1.165, 1.54) is 12.8 Å². The Bertz CT molecular complexity index is 218. The van der Waals surface area contributed by atoms with Crippen LogP contribution >= 0.6 is 0 Å². The Morgan fingerprint density at radius 1 is 1.40 bits per heavy atom. The van der Waals surface area contributed by atoms with E-state index in [0.29, 0.717) is 0 Å². The summed E-state index contributed by atoms with van der Waals surface area (Å²) in [5.41, 5.74) is -0.697. The predicted molar refractivity (Wildman–Crippen MR) is 60.9 cm³/mol. The van der Waals surface area contributed by atoms with Crippen LogP contribution in [0.2, 0.25) is 0 Å². The molecule has 0 aliphatic carbocycles. The summed E-state index contributed by atoms with van der Waals surface area (Å²) in [7, 11) is 0. The number of carboxylic acid groups (broad SMARTS) is 1. The third-order valence-electron chi connectivity index (χ3n) is 3.63. The fraction of sp³-hybridized carbons (Fsp3) is 0.917. The minimum absolute atomic E-state index is 0.697. The van der Waals surface area contributed by atoms with Crippen molar-refractivity contribution < 1.29 is 9.90 Å². The second-order valence-corrected chi connectivity index (χ2v) is 5.08. The lowest BCUT2D eigenvalue weighted by atomic mass is 9.89. The predicted octanol–water partition coefficient (Wildman–Crippen LogP) is 2.36. The SMILES string of the molecule is CCCC1CCN(C(C)(C)C(=O)O)CC1. The molecule has 0 radical (unpaired) electrons. The smallest absolute Gasteiger partial charge is 0.323 e. The van der Waals surface area contributed by atoms with Crippen molar-refractivity contribution in [3.8, 4) is 0 Å². The molecule has 0 spiro atoms. The van der Waals surface area contributed by atoms with Gasteiger partial charge >= 0.3 is 5.97 Å². The fourth-order valence-electron chi connectivity index (χ4n) is 2.32. The number of carboxylic acids is 1. The molecule has 0 atom stereocenters. The topological polar surface area (TPSA) is 40.5 Å². The molecule has 3 nitrogen and oxygen atoms in total. The summed E-state index contributed by atoms with van der Waals surface area (Å²) < 4.78 is 0. The molecular formula is C12H23NO2. The van der Waals surface area contributed by atoms with Crippen molar-refractivity contribution in [1.29, 1.82) is 0 Å². The van der Waals surface area contributed by atoms with Crippen molar-refractivity contribution in [3.05, 3.63) is 0 Å². The normalized spacial score (nSPS) is 20.5. The maximum atomic E-state index is 11.1. The van der Waals surface area contributed by atoms with Gasteiger partial charge in [0.2, 0.25) is 0 Å². The van der Waals surface area contributed by atoms with Gasteiger partial charge in [-0.15, -0.1) is 0 Å². The second kappa shape index (κ2) is 4.97. The minimum atomic E-state index is -0.712. The highest BCUT2D eigenvalue weighted by Gasteiger charge is 2.36. The number of piperidine rings is 1. The fourth-order valence-corrected chi connectivity index (χ4v) is 2.32. The molecule has 1 aliphatic heterocycles. The van der Waals surface area contributed by atoms with E-state index in [-0.39, 0.29) is 0 Å². The molecule has 15 heavy (non-hydrogen) atoms. The van der Waals surface area contributed by atoms with Gasteiger partial charge in [-0.3, -0.25) is 9.69 Å². The van der Waals surface area contributed by atoms with Crippen LogP contribution in [0.1, 0.15) is 46.5 Å². The minimum Gasteiger partial charge on any atom is -0.480 e. The van der Waals surface area contributed by atoms with E-state index in [9.17, 15) is 4.79 Å². The number of hydrogen-bond donors (Lipinski definition) is 1. The first-order valence-corrected chi connectivity index (χ1v) is 5.97. The Balaban J connectivity index is 2.46. The van der Waals surface area contributed by atoms with E-state index in [1.807, 2.05) is 0 Å². The summed E-state index contributed by atoms with van der Waals surface area (Å²) in [5.74, 6) is 0.104. The summed E-state index contributed by atoms with van der Waals surface area (Å²) in [6.07, 6.45) is 4.85. The molecule has 1 saturated heterocycles. The third-order valence-corrected chi connectivity index (χ3v) is 3.63. The molecule has 0 aromatic carbocycles. The van der Waals surface area contributed by atoms with Crippen LogP contribution in [-0.4, -0.2) is 34.6 Å². The lowest BCUT2D eigenvalue weighted by Crippen LogP contribution is -2.53. The number of likely N-dealkylation sites (tertiary alicyclic amines) is 1. The zero-order valence-corrected chi connectivity index (χ0v) is 10.1. The molecule has 3 heteroatoms. The van der Waals surface area contributed by atoms with Crippen LogP contribution in [0, 0.1) is 5.92 Å². The molecule has 88 valence electrons. The van der Waals surface area contributed by atoms with E-state index >= 15 is 0 Å². The van der Waals surface area contributed by atoms with Crippen LogP contribution < -0.4 is 0 Å². The van der Waals surface area contributed by atoms with E-state index in [4.69, 9.17) is 5.11 Å². The zero-order chi connectivity index (χ0) is 11.5. The summed E-state index contributed by atoms with van der Waals surface area (Å²) in [5, 5.41) is 9.12. The molecule has 0 amide bonds. The average Bonchev–Trinajstić information content (AvgIpc) is 2.19. The summed E-state index contributed by atoms with van der Waals surface area (Å²) in [6.45, 7) is 7.69. The number of aliphatic carboxylic acids is 1. The van der Waals surface area contributed by atoms with Crippen LogP contribution in [0.4, 0.5) is 0 Å². The highest BCUT2D eigenvalue weighted by Crippen LogP contribution is 2.26. The van der Waals surface area contributed by atoms with Crippen molar-refractivity contribution in [2.45, 2.75) is 52.0 Å². The van der Waals surface area contributed by atoms with Crippen LogP contribution in [0.15, 0.2) is 0 Å². The molecular weight excluding hydrogens is 190 g/mol. The molecule has 0 unspecified atom stereocenters. The largest absolute Gasteiger partial charge is 0.480 e. The monoisotopic (exact) mass is 213 g/mol. The third kappa shape index (κ3) is 2.94. The Morgan fingerprint density at radius 3 is 2.33 bits per heavy atom. The van der Waals surface area contributed by atoms with Gasteiger partial charge in [0.1, 0.15) is 5.54 Å². The maximum Gasteiger partial charge on any atom is 0.323 e. The number of hydrogen-bond acceptors (Lipinski definition) is 2. The van der Waals surface area contributed by atoms with Crippen molar-refractivity contribution in [2.24, 2.45) is 5.92 Å². The van der Waals surface area contributed by atoms with Gasteiger partial charge in [-0.2, -0.15) is 0 Å². The van der Waals surface area contributed by atoms with Gasteiger partial charge in [0.05, 0.1) is 0 Å². The lowest BCUT2D eigenvalue weighted by molar-refractivity contribution is -0.150. The van der Waals surface area contributed by atoms with Crippen molar-refractivity contribution in [1.82, 2.24) is 4.90 Å². The van der Waals surface area contributed by atoms with Crippen molar-refractivity contribution in [3.63, 3.8) is 0 Å². The van der Waals surface area contributed by atoms with Gasteiger partial charge in [-0.1, -0.05) is 19.8 Å². The van der Waals surface area contributed by atoms with Gasteiger partial charge in [0.25, 0.3) is 0 Å². The zero-order valence-electron chi connectivity index (χ0n) is 10.1. The quantitative estimate of drug-likeness (QED) is 0.779. The average molecular weight is 213 g/mol. The van der Waals surface area contributed by atoms with Gasteiger partial charge in [-0.25, -0.2) is 0 Å². The van der Waals surface area contributed by atoms with E-state index in [1.54, 1.807) is 13.8 Å². The molecule has 0 aromatic heterocycles. The molecule has 1 aliphatic rings. The first-order chi connectivity index (χ1) is 6.98. The molecule has 0 aromatic rings. The first kappa shape index (κ1) is 12.5. The lowest BCUT2D eigenvalue weighted by Gasteiger charge is -2.40. The number of carbonyl (C=O) groups is 1. The summed E-state index contributed by atoms with van der Waals surface area (Å²) >= 11 is 0. The highest BCUT2D eigenvalue weighted by atomic mass is 16.4. The Labute approximate surface area is 92.5 Å². The van der Waals surface area contributed by atoms with Gasteiger partial charge in [0.15, 0.2) is 0 Å². The summed E-state index contributed by atoms with van der Waals surface area (Å²) in [6, 6.07) is 0. The van der Waals surface area contributed by atoms with Crippen LogP contribution in [0.25, 0.3) is 0 Å². The van der Waals surface area contributed by atoms with Crippen LogP contribution in [-0.2, 0) is 4.79 Å². The van der Waals surface area contributed by atoms with Crippen LogP contribution in [0.5, 0.6) is 0 Å². The van der Waals surface area contributed by atoms with Gasteiger partial charge in [-0.05, 0) is 45.7 Å². The standard InChI is InChI=1S/C12H23NO2/c1-4-5-10-6-8-13(9-7-10)12(2,3)11(14)15/h10H,4-9H2,1-3H3,(H,14,15). The molecule has 1 rings (SSSR count). The summed E-state index contributed by atoms with van der Waals surface area (Å²) in [4.78, 5) is 13.2. The van der Waals surface area contributed by atoms with Crippen molar-refractivity contribution in [2.75, 3.05) is 13.1 Å². The molecule has 0 bridgehead atoms. The Hall–Kier alpha value is -0.570.